The SMILES string of the molecule is CC(C)c1ccccc1[C@@H]1CCCN1C1CC2(CCN(c3ccc(C(=O)NS(=O)(=O)c4cc5c(c([N+](=O)[O-])c4)N[C@@H](C4CCOCC4)CO5)c(Oc4cc5cc[nH]c5nc4Cl)c3)CC2)C1. The number of benzene rings is 3. The molecule has 3 aromatic carbocycles. The second-order valence-electron chi connectivity index (χ2n) is 18.7. The normalized spacial score (nSPS) is 21.4. The number of halogens is 1. The van der Waals surface area contributed by atoms with Crippen molar-refractivity contribution in [1.82, 2.24) is 19.6 Å². The molecule has 4 fully saturated rings. The van der Waals surface area contributed by atoms with Crippen LogP contribution >= 0.6 is 11.6 Å². The van der Waals surface area contributed by atoms with Gasteiger partial charge in [0, 0.05) is 73.9 Å². The van der Waals surface area contributed by atoms with Gasteiger partial charge in [-0.05, 0) is 111 Å². The lowest BCUT2D eigenvalue weighted by Crippen LogP contribution is -2.54. The fourth-order valence-corrected chi connectivity index (χ4v) is 12.2. The van der Waals surface area contributed by atoms with Crippen molar-refractivity contribution in [3.05, 3.63) is 105 Å². The maximum Gasteiger partial charge on any atom is 0.297 e. The molecule has 1 amide bonds. The molecule has 2 aromatic heterocycles. The Morgan fingerprint density at radius 2 is 1.80 bits per heavy atom. The van der Waals surface area contributed by atoms with Crippen molar-refractivity contribution in [1.29, 1.82) is 0 Å². The van der Waals surface area contributed by atoms with E-state index in [1.807, 2.05) is 6.07 Å². The van der Waals surface area contributed by atoms with Gasteiger partial charge in [-0.15, -0.1) is 0 Å². The number of nitrogens with zero attached hydrogens (tertiary/aromatic N) is 4. The molecule has 1 spiro atoms. The summed E-state index contributed by atoms with van der Waals surface area (Å²) in [7, 11) is -4.67. The predicted molar refractivity (Wildman–Crippen MR) is 248 cm³/mol. The van der Waals surface area contributed by atoms with Crippen molar-refractivity contribution in [2.24, 2.45) is 11.3 Å². The van der Waals surface area contributed by atoms with E-state index in [1.165, 1.54) is 48.9 Å². The second-order valence-corrected chi connectivity index (χ2v) is 20.8. The van der Waals surface area contributed by atoms with Gasteiger partial charge in [0.25, 0.3) is 21.6 Å². The minimum atomic E-state index is -4.67. The monoisotopic (exact) mass is 923 g/mol. The molecule has 10 rings (SSSR count). The second kappa shape index (κ2) is 17.4. The average molecular weight is 925 g/mol. The Hall–Kier alpha value is -5.42. The van der Waals surface area contributed by atoms with Gasteiger partial charge in [0.15, 0.2) is 22.3 Å². The number of H-pyrrole nitrogens is 1. The number of rotatable bonds is 11. The van der Waals surface area contributed by atoms with Crippen LogP contribution < -0.4 is 24.4 Å². The molecular weight excluding hydrogens is 870 g/mol. The minimum Gasteiger partial charge on any atom is -0.489 e. The number of fused-ring (bicyclic) bond motifs is 2. The molecule has 3 N–H and O–H groups in total. The minimum absolute atomic E-state index is 0.0133. The van der Waals surface area contributed by atoms with Crippen molar-refractivity contribution in [2.45, 2.75) is 94.2 Å². The number of piperidine rings is 1. The zero-order valence-corrected chi connectivity index (χ0v) is 38.1. The van der Waals surface area contributed by atoms with Crippen molar-refractivity contribution in [2.75, 3.05) is 49.7 Å². The molecule has 15 nitrogen and oxygen atoms in total. The Morgan fingerprint density at radius 3 is 2.57 bits per heavy atom. The third-order valence-corrected chi connectivity index (χ3v) is 16.1. The summed E-state index contributed by atoms with van der Waals surface area (Å²) in [4.78, 5) is 37.8. The maximum absolute atomic E-state index is 14.1. The predicted octanol–water partition coefficient (Wildman–Crippen LogP) is 9.34. The van der Waals surface area contributed by atoms with Crippen LogP contribution in [0.3, 0.4) is 0 Å². The molecule has 65 heavy (non-hydrogen) atoms. The van der Waals surface area contributed by atoms with Gasteiger partial charge in [-0.25, -0.2) is 18.1 Å². The van der Waals surface area contributed by atoms with Gasteiger partial charge >= 0.3 is 0 Å². The van der Waals surface area contributed by atoms with Crippen LogP contribution in [0.5, 0.6) is 17.2 Å². The number of ether oxygens (including phenoxy) is 3. The van der Waals surface area contributed by atoms with Crippen molar-refractivity contribution < 1.29 is 32.3 Å². The van der Waals surface area contributed by atoms with Crippen LogP contribution in [0.4, 0.5) is 17.1 Å². The van der Waals surface area contributed by atoms with E-state index in [0.717, 1.165) is 62.5 Å². The van der Waals surface area contributed by atoms with E-state index < -0.39 is 31.4 Å². The number of pyridine rings is 1. The summed E-state index contributed by atoms with van der Waals surface area (Å²) in [6.45, 7) is 8.70. The Morgan fingerprint density at radius 1 is 1.02 bits per heavy atom. The Bertz CT molecular complexity index is 2740. The Labute approximate surface area is 383 Å². The molecular formula is C48H54ClN7O8S. The fraction of sp³-hybridized carbons (Fsp3) is 0.458. The summed E-state index contributed by atoms with van der Waals surface area (Å²) >= 11 is 6.60. The van der Waals surface area contributed by atoms with E-state index in [1.54, 1.807) is 24.4 Å². The Balaban J connectivity index is 0.872. The van der Waals surface area contributed by atoms with E-state index >= 15 is 0 Å². The highest BCUT2D eigenvalue weighted by atomic mass is 35.5. The lowest BCUT2D eigenvalue weighted by molar-refractivity contribution is -0.384. The number of hydrogen-bond donors (Lipinski definition) is 3. The smallest absolute Gasteiger partial charge is 0.297 e. The van der Waals surface area contributed by atoms with E-state index in [-0.39, 0.29) is 57.6 Å². The molecule has 342 valence electrons. The fourth-order valence-electron chi connectivity index (χ4n) is 11.0. The van der Waals surface area contributed by atoms with Crippen LogP contribution in [0.2, 0.25) is 5.15 Å². The molecule has 0 radical (unpaired) electrons. The highest BCUT2D eigenvalue weighted by molar-refractivity contribution is 7.90. The zero-order chi connectivity index (χ0) is 45.0. The summed E-state index contributed by atoms with van der Waals surface area (Å²) in [5.41, 5.74) is 4.14. The number of anilines is 2. The first-order chi connectivity index (χ1) is 31.3. The molecule has 17 heteroatoms. The lowest BCUT2D eigenvalue weighted by atomic mass is 9.59. The molecule has 2 atom stereocenters. The van der Waals surface area contributed by atoms with Gasteiger partial charge in [0.05, 0.1) is 21.4 Å². The van der Waals surface area contributed by atoms with Gasteiger partial charge in [-0.2, -0.15) is 0 Å². The number of sulfonamides is 1. The number of nitro groups is 1. The number of carbonyl (C=O) groups excluding carboxylic acids is 1. The molecule has 0 unspecified atom stereocenters. The average Bonchev–Trinajstić information content (AvgIpc) is 3.97. The van der Waals surface area contributed by atoms with Crippen LogP contribution in [0.1, 0.15) is 98.7 Å². The maximum atomic E-state index is 14.1. The highest BCUT2D eigenvalue weighted by Gasteiger charge is 2.50. The third-order valence-electron chi connectivity index (χ3n) is 14.5. The van der Waals surface area contributed by atoms with E-state index in [0.29, 0.717) is 36.9 Å². The number of nitro benzene ring substituents is 1. The number of hydrogen-bond acceptors (Lipinski definition) is 12. The summed E-state index contributed by atoms with van der Waals surface area (Å²) in [5.74, 6) is -0.0726. The molecule has 0 bridgehead atoms. The third kappa shape index (κ3) is 8.49. The first kappa shape index (κ1) is 43.5. The number of carbonyl (C=O) groups is 1. The largest absolute Gasteiger partial charge is 0.489 e. The number of nitrogens with one attached hydrogen (secondary N) is 3. The van der Waals surface area contributed by atoms with Gasteiger partial charge < -0.3 is 29.4 Å². The van der Waals surface area contributed by atoms with Crippen molar-refractivity contribution in [3.8, 4) is 17.2 Å². The van der Waals surface area contributed by atoms with Crippen molar-refractivity contribution in [3.63, 3.8) is 0 Å². The summed E-state index contributed by atoms with van der Waals surface area (Å²) < 4.78 is 47.8. The Kier molecular flexibility index (Phi) is 11.7. The first-order valence-corrected chi connectivity index (χ1v) is 24.6. The van der Waals surface area contributed by atoms with Crippen LogP contribution in [0, 0.1) is 21.4 Å². The molecule has 5 aromatic rings. The van der Waals surface area contributed by atoms with Crippen LogP contribution in [0.15, 0.2) is 77.8 Å². The molecule has 5 aliphatic rings. The van der Waals surface area contributed by atoms with E-state index in [9.17, 15) is 23.3 Å². The summed E-state index contributed by atoms with van der Waals surface area (Å²) in [5, 5.41) is 16.3. The quantitative estimate of drug-likeness (QED) is 0.0650. The molecule has 6 heterocycles. The topological polar surface area (TPSA) is 181 Å². The van der Waals surface area contributed by atoms with Gasteiger partial charge in [-0.3, -0.25) is 19.8 Å². The number of likely N-dealkylation sites (tertiary alicyclic amines) is 1. The van der Waals surface area contributed by atoms with Gasteiger partial charge in [0.2, 0.25) is 0 Å². The molecule has 1 saturated carbocycles. The van der Waals surface area contributed by atoms with Crippen LogP contribution in [0.25, 0.3) is 11.0 Å². The van der Waals surface area contributed by atoms with Gasteiger partial charge in [0.1, 0.15) is 18.0 Å². The molecule has 1 aliphatic carbocycles. The lowest BCUT2D eigenvalue weighted by Gasteiger charge is -2.56. The van der Waals surface area contributed by atoms with E-state index in [2.05, 4.69) is 67.9 Å². The standard InChI is InChI=1S/C48H54ClN7O8S/c1-29(2)35-6-3-4-7-36(35)39-8-5-17-55(39)33-26-48(27-33)14-18-54(19-15-48)32-9-10-37(41(23-32)64-43-22-31-11-16-50-46(31)52-45(43)49)47(57)53-65(60,61)34-24-40(56(58)59)44-42(25-34)63-28-38(51-44)30-12-20-62-21-13-30/h3-4,6-7,9-11,16,22-25,29-30,33,38-39,51H,5,8,12-15,17-21,26-28H2,1-2H3,(H,50,52)(H,53,57)/t38-,39+/m1/s1. The van der Waals surface area contributed by atoms with Crippen LogP contribution in [-0.2, 0) is 14.8 Å². The van der Waals surface area contributed by atoms with Gasteiger partial charge in [-0.1, -0.05) is 49.7 Å². The summed E-state index contributed by atoms with van der Waals surface area (Å²) in [6.07, 6.45) is 10.1. The number of aromatic amines is 1. The van der Waals surface area contributed by atoms with E-state index in [4.69, 9.17) is 25.8 Å². The first-order valence-electron chi connectivity index (χ1n) is 22.8. The summed E-state index contributed by atoms with van der Waals surface area (Å²) in [6, 6.07) is 20.5. The van der Waals surface area contributed by atoms with Crippen molar-refractivity contribution >= 4 is 55.6 Å². The number of aromatic nitrogens is 2. The molecule has 3 saturated heterocycles. The highest BCUT2D eigenvalue weighted by Crippen LogP contribution is 2.54. The zero-order valence-electron chi connectivity index (χ0n) is 36.6. The van der Waals surface area contributed by atoms with Crippen LogP contribution in [-0.4, -0.2) is 85.7 Å². The molecule has 4 aliphatic heterocycles. The number of amides is 1.